The van der Waals surface area contributed by atoms with Crippen molar-refractivity contribution in [2.24, 2.45) is 5.73 Å². The largest absolute Gasteiger partial charge is 0.480 e. The van der Waals surface area contributed by atoms with E-state index in [-0.39, 0.29) is 6.79 Å². The van der Waals surface area contributed by atoms with Crippen molar-refractivity contribution in [1.82, 2.24) is 4.48 Å². The van der Waals surface area contributed by atoms with Crippen LogP contribution in [0, 0.1) is 0 Å². The standard InChI is InChI=1S/C15H22N2O4/c1-17(2,8-4-3-5-12(16)15(18)19)11-6-7-13-14(9-11)21-10-20-13/h6-7,9,12H,3-5,8,10,16H2,1-2H3/p+1. The molecule has 2 rings (SSSR count). The first-order chi connectivity index (χ1) is 9.90. The van der Waals surface area contributed by atoms with Crippen LogP contribution in [0.1, 0.15) is 19.3 Å². The van der Waals surface area contributed by atoms with E-state index in [0.29, 0.717) is 10.9 Å². The fourth-order valence-corrected chi connectivity index (χ4v) is 2.39. The molecule has 1 aromatic carbocycles. The molecule has 1 atom stereocenters. The summed E-state index contributed by atoms with van der Waals surface area (Å²) in [4.78, 5) is 10.7. The lowest BCUT2D eigenvalue weighted by atomic mass is 10.1. The zero-order chi connectivity index (χ0) is 15.5. The number of benzene rings is 1. The lowest BCUT2D eigenvalue weighted by molar-refractivity contribution is -0.138. The number of rotatable bonds is 7. The summed E-state index contributed by atoms with van der Waals surface area (Å²) in [5, 5.41) is 8.75. The van der Waals surface area contributed by atoms with Crippen molar-refractivity contribution >= 4 is 11.7 Å². The molecule has 0 fully saturated rings. The fraction of sp³-hybridized carbons (Fsp3) is 0.533. The first kappa shape index (κ1) is 15.6. The average molecular weight is 295 g/mol. The molecule has 1 aliphatic heterocycles. The number of carbonyl (C=O) groups is 1. The van der Waals surface area contributed by atoms with Crippen LogP contribution in [0.3, 0.4) is 0 Å². The SMILES string of the molecule is C[N+](C)(CCCCC(N)C(=O)O)c1ccc2c(c1)OCO2. The molecular weight excluding hydrogens is 272 g/mol. The van der Waals surface area contributed by atoms with E-state index in [0.717, 1.165) is 36.6 Å². The van der Waals surface area contributed by atoms with Crippen molar-refractivity contribution in [2.75, 3.05) is 27.4 Å². The number of unbranched alkanes of at least 4 members (excludes halogenated alkanes) is 1. The highest BCUT2D eigenvalue weighted by Crippen LogP contribution is 2.36. The first-order valence-corrected chi connectivity index (χ1v) is 7.12. The van der Waals surface area contributed by atoms with Gasteiger partial charge in [-0.25, -0.2) is 0 Å². The summed E-state index contributed by atoms with van der Waals surface area (Å²) in [6.07, 6.45) is 2.23. The molecule has 21 heavy (non-hydrogen) atoms. The molecule has 0 saturated heterocycles. The average Bonchev–Trinajstić information content (AvgIpc) is 2.90. The van der Waals surface area contributed by atoms with Gasteiger partial charge in [0.15, 0.2) is 11.5 Å². The minimum atomic E-state index is -0.931. The molecule has 0 aliphatic carbocycles. The van der Waals surface area contributed by atoms with E-state index in [1.54, 1.807) is 0 Å². The molecular formula is C15H23N2O4+. The minimum absolute atomic E-state index is 0.277. The number of carboxylic acid groups (broad SMARTS) is 1. The Labute approximate surface area is 124 Å². The molecule has 116 valence electrons. The zero-order valence-corrected chi connectivity index (χ0v) is 12.5. The molecule has 3 N–H and O–H groups in total. The number of fused-ring (bicyclic) bond motifs is 1. The topological polar surface area (TPSA) is 81.8 Å². The number of hydrogen-bond donors (Lipinski definition) is 2. The van der Waals surface area contributed by atoms with Gasteiger partial charge < -0.3 is 20.3 Å². The van der Waals surface area contributed by atoms with Crippen LogP contribution in [0.15, 0.2) is 18.2 Å². The van der Waals surface area contributed by atoms with Gasteiger partial charge in [-0.15, -0.1) is 0 Å². The lowest BCUT2D eigenvalue weighted by Gasteiger charge is -2.29. The third-order valence-electron chi connectivity index (χ3n) is 3.85. The van der Waals surface area contributed by atoms with Crippen LogP contribution in [-0.4, -0.2) is 44.6 Å². The van der Waals surface area contributed by atoms with Crippen molar-refractivity contribution < 1.29 is 19.4 Å². The van der Waals surface area contributed by atoms with Gasteiger partial charge in [-0.3, -0.25) is 9.28 Å². The molecule has 6 heteroatoms. The monoisotopic (exact) mass is 295 g/mol. The Morgan fingerprint density at radius 1 is 1.33 bits per heavy atom. The predicted molar refractivity (Wildman–Crippen MR) is 80.5 cm³/mol. The van der Waals surface area contributed by atoms with Crippen molar-refractivity contribution in [3.05, 3.63) is 18.2 Å². The molecule has 1 heterocycles. The number of hydrogen-bond acceptors (Lipinski definition) is 4. The maximum absolute atomic E-state index is 10.7. The summed E-state index contributed by atoms with van der Waals surface area (Å²) in [7, 11) is 4.24. The Balaban J connectivity index is 1.88. The maximum atomic E-state index is 10.7. The van der Waals surface area contributed by atoms with Gasteiger partial charge in [0.1, 0.15) is 11.7 Å². The number of quaternary nitrogens is 1. The highest BCUT2D eigenvalue weighted by Gasteiger charge is 2.23. The number of nitrogens with zero attached hydrogens (tertiary/aromatic N) is 1. The Morgan fingerprint density at radius 3 is 2.76 bits per heavy atom. The molecule has 0 radical (unpaired) electrons. The molecule has 1 aromatic rings. The normalized spacial score (nSPS) is 15.0. The van der Waals surface area contributed by atoms with E-state index in [2.05, 4.69) is 14.1 Å². The molecule has 1 aliphatic rings. The summed E-state index contributed by atoms with van der Waals surface area (Å²) < 4.78 is 11.4. The predicted octanol–water partition coefficient (Wildman–Crippen LogP) is 1.56. The van der Waals surface area contributed by atoms with Crippen LogP contribution in [0.2, 0.25) is 0 Å². The van der Waals surface area contributed by atoms with Gasteiger partial charge in [0.25, 0.3) is 0 Å². The number of nitrogens with two attached hydrogens (primary N) is 1. The van der Waals surface area contributed by atoms with Gasteiger partial charge in [-0.2, -0.15) is 0 Å². The summed E-state index contributed by atoms with van der Waals surface area (Å²) in [5.41, 5.74) is 6.64. The molecule has 0 bridgehead atoms. The highest BCUT2D eigenvalue weighted by molar-refractivity contribution is 5.72. The second kappa shape index (κ2) is 6.32. The highest BCUT2D eigenvalue weighted by atomic mass is 16.7. The van der Waals surface area contributed by atoms with Crippen LogP contribution < -0.4 is 19.7 Å². The van der Waals surface area contributed by atoms with Crippen molar-refractivity contribution in [2.45, 2.75) is 25.3 Å². The van der Waals surface area contributed by atoms with E-state index < -0.39 is 12.0 Å². The second-order valence-electron chi connectivity index (χ2n) is 5.89. The zero-order valence-electron chi connectivity index (χ0n) is 12.5. The summed E-state index contributed by atoms with van der Waals surface area (Å²) >= 11 is 0. The van der Waals surface area contributed by atoms with Crippen molar-refractivity contribution in [3.63, 3.8) is 0 Å². The van der Waals surface area contributed by atoms with Gasteiger partial charge in [-0.1, -0.05) is 0 Å². The van der Waals surface area contributed by atoms with Gasteiger partial charge in [-0.05, 0) is 25.3 Å². The summed E-state index contributed by atoms with van der Waals surface area (Å²) in [5.74, 6) is 0.636. The van der Waals surface area contributed by atoms with Crippen molar-refractivity contribution in [3.8, 4) is 11.5 Å². The van der Waals surface area contributed by atoms with Gasteiger partial charge in [0.2, 0.25) is 6.79 Å². The smallest absolute Gasteiger partial charge is 0.320 e. The van der Waals surface area contributed by atoms with E-state index in [9.17, 15) is 4.79 Å². The summed E-state index contributed by atoms with van der Waals surface area (Å²) in [6, 6.07) is 5.21. The summed E-state index contributed by atoms with van der Waals surface area (Å²) in [6.45, 7) is 1.19. The number of ether oxygens (including phenoxy) is 2. The van der Waals surface area contributed by atoms with E-state index >= 15 is 0 Å². The number of carboxylic acids is 1. The molecule has 1 unspecified atom stereocenters. The molecule has 0 amide bonds. The Kier molecular flexibility index (Phi) is 4.69. The first-order valence-electron chi connectivity index (χ1n) is 7.12. The Morgan fingerprint density at radius 2 is 2.05 bits per heavy atom. The van der Waals surface area contributed by atoms with E-state index in [1.165, 1.54) is 0 Å². The van der Waals surface area contributed by atoms with Crippen LogP contribution >= 0.6 is 0 Å². The third kappa shape index (κ3) is 3.86. The van der Waals surface area contributed by atoms with Crippen LogP contribution in [0.4, 0.5) is 5.69 Å². The van der Waals surface area contributed by atoms with Gasteiger partial charge in [0.05, 0.1) is 20.6 Å². The second-order valence-corrected chi connectivity index (χ2v) is 5.89. The quantitative estimate of drug-likeness (QED) is 0.589. The minimum Gasteiger partial charge on any atom is -0.480 e. The molecule has 6 nitrogen and oxygen atoms in total. The van der Waals surface area contributed by atoms with Crippen LogP contribution in [0.25, 0.3) is 0 Å². The van der Waals surface area contributed by atoms with Crippen molar-refractivity contribution in [1.29, 1.82) is 0 Å². The molecule has 0 spiro atoms. The Hall–Kier alpha value is -1.79. The third-order valence-corrected chi connectivity index (χ3v) is 3.85. The molecule has 0 saturated carbocycles. The maximum Gasteiger partial charge on any atom is 0.320 e. The lowest BCUT2D eigenvalue weighted by Crippen LogP contribution is -2.41. The van der Waals surface area contributed by atoms with Gasteiger partial charge >= 0.3 is 5.97 Å². The fourth-order valence-electron chi connectivity index (χ4n) is 2.39. The van der Waals surface area contributed by atoms with E-state index in [1.807, 2.05) is 18.2 Å². The molecule has 0 aromatic heterocycles. The van der Waals surface area contributed by atoms with Crippen LogP contribution in [-0.2, 0) is 4.79 Å². The number of aliphatic carboxylic acids is 1. The van der Waals surface area contributed by atoms with Crippen LogP contribution in [0.5, 0.6) is 11.5 Å². The van der Waals surface area contributed by atoms with E-state index in [4.69, 9.17) is 20.3 Å². The Bertz CT molecular complexity index is 516. The van der Waals surface area contributed by atoms with Gasteiger partial charge in [0, 0.05) is 12.1 Å².